The van der Waals surface area contributed by atoms with Gasteiger partial charge in [0.05, 0.1) is 4.91 Å². The van der Waals surface area contributed by atoms with E-state index in [9.17, 15) is 9.59 Å². The van der Waals surface area contributed by atoms with Crippen molar-refractivity contribution >= 4 is 68.9 Å². The van der Waals surface area contributed by atoms with Gasteiger partial charge in [0.1, 0.15) is 4.32 Å². The molecule has 1 saturated heterocycles. The number of amides is 1. The molecule has 0 saturated carbocycles. The molecule has 0 bridgehead atoms. The molecule has 2 aromatic rings. The first-order chi connectivity index (χ1) is 11.5. The average molecular weight is 396 g/mol. The first-order valence-corrected chi connectivity index (χ1v) is 10.1. The van der Waals surface area contributed by atoms with Gasteiger partial charge in [-0.3, -0.25) is 14.5 Å². The third-order valence-corrected chi connectivity index (χ3v) is 6.79. The number of nitrogens with zero attached hydrogens (tertiary/aromatic N) is 1. The monoisotopic (exact) mass is 395 g/mol. The highest BCUT2D eigenvalue weighted by atomic mass is 32.2. The Bertz CT molecular complexity index is 807. The number of hydrogen-bond donors (Lipinski definition) is 1. The highest BCUT2D eigenvalue weighted by molar-refractivity contribution is 8.26. The van der Waals surface area contributed by atoms with Gasteiger partial charge in [-0.1, -0.05) is 30.0 Å². The van der Waals surface area contributed by atoms with E-state index in [0.29, 0.717) is 22.2 Å². The number of thioether (sulfide) groups is 1. The van der Waals surface area contributed by atoms with Crippen molar-refractivity contribution in [2.75, 3.05) is 6.54 Å². The Balaban J connectivity index is 1.71. The van der Waals surface area contributed by atoms with Gasteiger partial charge >= 0.3 is 5.97 Å². The van der Waals surface area contributed by atoms with Crippen LogP contribution < -0.4 is 0 Å². The van der Waals surface area contributed by atoms with Crippen LogP contribution in [0.25, 0.3) is 15.8 Å². The number of rotatable bonds is 6. The highest BCUT2D eigenvalue weighted by Gasteiger charge is 2.31. The zero-order valence-corrected chi connectivity index (χ0v) is 15.7. The number of aliphatic carboxylic acids is 1. The lowest BCUT2D eigenvalue weighted by Crippen LogP contribution is -2.29. The molecule has 1 N–H and O–H groups in total. The summed E-state index contributed by atoms with van der Waals surface area (Å²) in [6, 6.07) is 8.14. The van der Waals surface area contributed by atoms with Crippen LogP contribution in [0.5, 0.6) is 0 Å². The Morgan fingerprint density at radius 3 is 2.83 bits per heavy atom. The Kier molecular flexibility index (Phi) is 5.50. The molecular weight excluding hydrogens is 382 g/mol. The second-order valence-electron chi connectivity index (χ2n) is 5.01. The Morgan fingerprint density at radius 1 is 1.29 bits per heavy atom. The fourth-order valence-electron chi connectivity index (χ4n) is 2.19. The normalized spacial score (nSPS) is 16.3. The van der Waals surface area contributed by atoms with Gasteiger partial charge in [0.15, 0.2) is 0 Å². The van der Waals surface area contributed by atoms with E-state index in [1.807, 2.05) is 23.6 Å². The summed E-state index contributed by atoms with van der Waals surface area (Å²) in [5.74, 6) is -1.00. The van der Waals surface area contributed by atoms with E-state index in [-0.39, 0.29) is 12.3 Å². The van der Waals surface area contributed by atoms with Crippen molar-refractivity contribution in [1.82, 2.24) is 4.90 Å². The van der Waals surface area contributed by atoms with Crippen molar-refractivity contribution in [3.8, 4) is 9.75 Å². The summed E-state index contributed by atoms with van der Waals surface area (Å²) in [5, 5.41) is 10.7. The maximum absolute atomic E-state index is 12.4. The van der Waals surface area contributed by atoms with Crippen molar-refractivity contribution in [2.45, 2.75) is 12.8 Å². The minimum Gasteiger partial charge on any atom is -0.481 e. The van der Waals surface area contributed by atoms with E-state index in [0.717, 1.165) is 4.88 Å². The lowest BCUT2D eigenvalue weighted by Gasteiger charge is -2.13. The Hall–Kier alpha value is -1.48. The number of carbonyl (C=O) groups is 2. The standard InChI is InChI=1S/C16H13NO3S4/c18-14(19)4-1-7-17-15(20)13(24-16(17)21)9-10-5-6-12(23-10)11-3-2-8-22-11/h2-3,5-6,8-9H,1,4,7H2,(H,18,19)/b13-9+. The number of thiophene rings is 2. The highest BCUT2D eigenvalue weighted by Crippen LogP contribution is 2.36. The number of hydrogen-bond acceptors (Lipinski definition) is 6. The molecule has 4 nitrogen and oxygen atoms in total. The van der Waals surface area contributed by atoms with Crippen LogP contribution in [-0.4, -0.2) is 32.7 Å². The molecule has 0 aromatic carbocycles. The van der Waals surface area contributed by atoms with Crippen LogP contribution >= 0.6 is 46.7 Å². The van der Waals surface area contributed by atoms with E-state index in [1.165, 1.54) is 26.4 Å². The van der Waals surface area contributed by atoms with Gasteiger partial charge in [0.25, 0.3) is 5.91 Å². The number of carbonyl (C=O) groups excluding carboxylic acids is 1. The predicted molar refractivity (Wildman–Crippen MR) is 104 cm³/mol. The summed E-state index contributed by atoms with van der Waals surface area (Å²) in [4.78, 5) is 28.5. The van der Waals surface area contributed by atoms with Gasteiger partial charge in [0, 0.05) is 27.6 Å². The maximum atomic E-state index is 12.4. The largest absolute Gasteiger partial charge is 0.481 e. The van der Waals surface area contributed by atoms with Gasteiger partial charge in [0.2, 0.25) is 0 Å². The molecule has 1 aliphatic heterocycles. The molecule has 0 spiro atoms. The fourth-order valence-corrected chi connectivity index (χ4v) is 5.35. The van der Waals surface area contributed by atoms with Gasteiger partial charge in [-0.25, -0.2) is 0 Å². The molecule has 3 rings (SSSR count). The fraction of sp³-hybridized carbons (Fsp3) is 0.188. The topological polar surface area (TPSA) is 57.6 Å². The average Bonchev–Trinajstić information content (AvgIpc) is 3.24. The van der Waals surface area contributed by atoms with Crippen LogP contribution in [0.2, 0.25) is 0 Å². The van der Waals surface area contributed by atoms with Crippen LogP contribution in [-0.2, 0) is 9.59 Å². The van der Waals surface area contributed by atoms with E-state index in [2.05, 4.69) is 12.1 Å². The predicted octanol–water partition coefficient (Wildman–Crippen LogP) is 4.54. The summed E-state index contributed by atoms with van der Waals surface area (Å²) in [5.41, 5.74) is 0. The Labute approximate surface area is 156 Å². The molecule has 2 aromatic heterocycles. The lowest BCUT2D eigenvalue weighted by molar-refractivity contribution is -0.137. The molecule has 124 valence electrons. The number of carboxylic acids is 1. The molecule has 24 heavy (non-hydrogen) atoms. The zero-order chi connectivity index (χ0) is 17.1. The van der Waals surface area contributed by atoms with E-state index in [1.54, 1.807) is 22.7 Å². The van der Waals surface area contributed by atoms with Gasteiger partial charge in [-0.2, -0.15) is 0 Å². The first-order valence-electron chi connectivity index (χ1n) is 7.15. The van der Waals surface area contributed by atoms with Crippen molar-refractivity contribution in [1.29, 1.82) is 0 Å². The maximum Gasteiger partial charge on any atom is 0.303 e. The Morgan fingerprint density at radius 2 is 2.12 bits per heavy atom. The molecule has 0 radical (unpaired) electrons. The quantitative estimate of drug-likeness (QED) is 0.575. The summed E-state index contributed by atoms with van der Waals surface area (Å²) in [6.07, 6.45) is 2.29. The smallest absolute Gasteiger partial charge is 0.303 e. The van der Waals surface area contributed by atoms with Crippen molar-refractivity contribution in [2.24, 2.45) is 0 Å². The second kappa shape index (κ2) is 7.60. The van der Waals surface area contributed by atoms with Gasteiger partial charge < -0.3 is 5.11 Å². The summed E-state index contributed by atoms with van der Waals surface area (Å²) >= 11 is 9.84. The third kappa shape index (κ3) is 3.94. The first kappa shape index (κ1) is 17.3. The number of carboxylic acid groups (broad SMARTS) is 1. The van der Waals surface area contributed by atoms with Gasteiger partial charge in [-0.05, 0) is 36.1 Å². The molecule has 0 atom stereocenters. The van der Waals surface area contributed by atoms with Crippen LogP contribution in [0.15, 0.2) is 34.6 Å². The molecule has 8 heteroatoms. The molecule has 0 unspecified atom stereocenters. The van der Waals surface area contributed by atoms with E-state index in [4.69, 9.17) is 17.3 Å². The molecule has 1 amide bonds. The molecule has 1 fully saturated rings. The SMILES string of the molecule is O=C(O)CCCN1C(=O)/C(=C\c2ccc(-c3cccs3)s2)SC1=S. The minimum absolute atomic E-state index is 0.0329. The summed E-state index contributed by atoms with van der Waals surface area (Å²) < 4.78 is 0.492. The summed E-state index contributed by atoms with van der Waals surface area (Å²) in [7, 11) is 0. The van der Waals surface area contributed by atoms with E-state index < -0.39 is 5.97 Å². The lowest BCUT2D eigenvalue weighted by atomic mass is 10.3. The summed E-state index contributed by atoms with van der Waals surface area (Å²) in [6.45, 7) is 0.346. The van der Waals surface area contributed by atoms with Crippen molar-refractivity contribution in [3.63, 3.8) is 0 Å². The van der Waals surface area contributed by atoms with Crippen LogP contribution in [0.4, 0.5) is 0 Å². The molecule has 1 aliphatic rings. The molecule has 0 aliphatic carbocycles. The van der Waals surface area contributed by atoms with Crippen LogP contribution in [0.3, 0.4) is 0 Å². The molecular formula is C16H13NO3S4. The van der Waals surface area contributed by atoms with Crippen molar-refractivity contribution in [3.05, 3.63) is 39.4 Å². The second-order valence-corrected chi connectivity index (χ2v) is 8.75. The minimum atomic E-state index is -0.865. The number of thiocarbonyl (C=S) groups is 1. The van der Waals surface area contributed by atoms with Crippen LogP contribution in [0, 0.1) is 0 Å². The third-order valence-electron chi connectivity index (χ3n) is 3.31. The van der Waals surface area contributed by atoms with Crippen molar-refractivity contribution < 1.29 is 14.7 Å². The van der Waals surface area contributed by atoms with Gasteiger partial charge in [-0.15, -0.1) is 22.7 Å². The van der Waals surface area contributed by atoms with Crippen LogP contribution in [0.1, 0.15) is 17.7 Å². The molecule has 3 heterocycles. The zero-order valence-electron chi connectivity index (χ0n) is 12.4. The van der Waals surface area contributed by atoms with E-state index >= 15 is 0 Å².